The van der Waals surface area contributed by atoms with Gasteiger partial charge in [-0.1, -0.05) is 0 Å². The van der Waals surface area contributed by atoms with Crippen LogP contribution in [-0.4, -0.2) is 51.6 Å². The van der Waals surface area contributed by atoms with Crippen molar-refractivity contribution in [2.75, 3.05) is 39.6 Å². The SMILES string of the molecule is Cc1ccc(C(=O)OCCOCCOCCOC(=O)c2ccc(C)o2)o1. The van der Waals surface area contributed by atoms with Gasteiger partial charge < -0.3 is 27.8 Å². The van der Waals surface area contributed by atoms with Crippen molar-refractivity contribution < 1.29 is 37.4 Å². The zero-order valence-electron chi connectivity index (χ0n) is 14.8. The Labute approximate surface area is 151 Å². The molecule has 8 nitrogen and oxygen atoms in total. The number of furan rings is 2. The normalized spacial score (nSPS) is 10.7. The van der Waals surface area contributed by atoms with Crippen molar-refractivity contribution in [3.05, 3.63) is 47.3 Å². The number of carbonyl (C=O) groups excluding carboxylic acids is 2. The second-order valence-electron chi connectivity index (χ2n) is 5.32. The number of rotatable bonds is 11. The zero-order valence-corrected chi connectivity index (χ0v) is 14.8. The molecule has 2 rings (SSSR count). The van der Waals surface area contributed by atoms with Gasteiger partial charge in [0.25, 0.3) is 0 Å². The topological polar surface area (TPSA) is 97.3 Å². The van der Waals surface area contributed by atoms with Crippen LogP contribution in [0.4, 0.5) is 0 Å². The molecule has 0 aliphatic heterocycles. The van der Waals surface area contributed by atoms with Crippen molar-refractivity contribution in [3.8, 4) is 0 Å². The molecule has 0 atom stereocenters. The number of ether oxygens (including phenoxy) is 4. The number of hydrogen-bond donors (Lipinski definition) is 0. The number of aryl methyl sites for hydroxylation is 2. The molecule has 0 aromatic carbocycles. The highest BCUT2D eigenvalue weighted by Crippen LogP contribution is 2.08. The molecular weight excluding hydrogens is 344 g/mol. The predicted octanol–water partition coefficient (Wildman–Crippen LogP) is 2.54. The van der Waals surface area contributed by atoms with E-state index in [0.717, 1.165) is 0 Å². The Morgan fingerprint density at radius 1 is 0.692 bits per heavy atom. The number of carbonyl (C=O) groups is 2. The molecule has 0 fully saturated rings. The van der Waals surface area contributed by atoms with E-state index >= 15 is 0 Å². The fourth-order valence-corrected chi connectivity index (χ4v) is 1.94. The van der Waals surface area contributed by atoms with Crippen molar-refractivity contribution in [2.45, 2.75) is 13.8 Å². The highest BCUT2D eigenvalue weighted by molar-refractivity contribution is 5.86. The fourth-order valence-electron chi connectivity index (χ4n) is 1.94. The maximum atomic E-state index is 11.6. The maximum Gasteiger partial charge on any atom is 0.374 e. The number of esters is 2. The zero-order chi connectivity index (χ0) is 18.8. The van der Waals surface area contributed by atoms with Crippen LogP contribution in [-0.2, 0) is 18.9 Å². The largest absolute Gasteiger partial charge is 0.457 e. The van der Waals surface area contributed by atoms with Gasteiger partial charge in [-0.15, -0.1) is 0 Å². The first-order valence-electron chi connectivity index (χ1n) is 8.19. The summed E-state index contributed by atoms with van der Waals surface area (Å²) in [6.07, 6.45) is 0. The molecule has 8 heteroatoms. The lowest BCUT2D eigenvalue weighted by molar-refractivity contribution is 0.000669. The molecule has 0 bridgehead atoms. The van der Waals surface area contributed by atoms with E-state index in [1.165, 1.54) is 0 Å². The number of hydrogen-bond acceptors (Lipinski definition) is 8. The average Bonchev–Trinajstić information content (AvgIpc) is 3.24. The standard InChI is InChI=1S/C18H22O8/c1-13-3-5-15(25-13)17(19)23-11-9-21-7-8-22-10-12-24-18(20)16-6-4-14(2)26-16/h3-6H,7-12H2,1-2H3. The molecule has 26 heavy (non-hydrogen) atoms. The molecule has 0 saturated heterocycles. The Balaban J connectivity index is 1.41. The first-order valence-corrected chi connectivity index (χ1v) is 8.19. The van der Waals surface area contributed by atoms with E-state index < -0.39 is 11.9 Å². The lowest BCUT2D eigenvalue weighted by Crippen LogP contribution is -2.14. The molecule has 0 saturated carbocycles. The van der Waals surface area contributed by atoms with Crippen molar-refractivity contribution >= 4 is 11.9 Å². The smallest absolute Gasteiger partial charge is 0.374 e. The van der Waals surface area contributed by atoms with Gasteiger partial charge in [-0.25, -0.2) is 9.59 Å². The van der Waals surface area contributed by atoms with Gasteiger partial charge in [0, 0.05) is 0 Å². The minimum atomic E-state index is -0.522. The molecule has 142 valence electrons. The van der Waals surface area contributed by atoms with Gasteiger partial charge in [-0.2, -0.15) is 0 Å². The lowest BCUT2D eigenvalue weighted by atomic mass is 10.4. The third kappa shape index (κ3) is 6.73. The second-order valence-corrected chi connectivity index (χ2v) is 5.32. The van der Waals surface area contributed by atoms with Crippen molar-refractivity contribution in [3.63, 3.8) is 0 Å². The minimum absolute atomic E-state index is 0.124. The monoisotopic (exact) mass is 366 g/mol. The van der Waals surface area contributed by atoms with Gasteiger partial charge in [-0.3, -0.25) is 0 Å². The van der Waals surface area contributed by atoms with E-state index in [0.29, 0.717) is 24.7 Å². The average molecular weight is 366 g/mol. The van der Waals surface area contributed by atoms with Crippen LogP contribution in [0.15, 0.2) is 33.1 Å². The van der Waals surface area contributed by atoms with Crippen LogP contribution in [0, 0.1) is 13.8 Å². The summed E-state index contributed by atoms with van der Waals surface area (Å²) in [5.41, 5.74) is 0. The summed E-state index contributed by atoms with van der Waals surface area (Å²) in [6.45, 7) is 4.92. The van der Waals surface area contributed by atoms with Crippen LogP contribution < -0.4 is 0 Å². The van der Waals surface area contributed by atoms with Gasteiger partial charge in [0.15, 0.2) is 0 Å². The van der Waals surface area contributed by atoms with Crippen LogP contribution in [0.5, 0.6) is 0 Å². The van der Waals surface area contributed by atoms with Crippen LogP contribution >= 0.6 is 0 Å². The van der Waals surface area contributed by atoms with Gasteiger partial charge >= 0.3 is 11.9 Å². The quantitative estimate of drug-likeness (QED) is 0.442. The second kappa shape index (κ2) is 10.4. The lowest BCUT2D eigenvalue weighted by Gasteiger charge is -2.07. The Kier molecular flexibility index (Phi) is 7.91. The molecule has 0 radical (unpaired) electrons. The minimum Gasteiger partial charge on any atom is -0.457 e. The predicted molar refractivity (Wildman–Crippen MR) is 89.1 cm³/mol. The Bertz CT molecular complexity index is 639. The van der Waals surface area contributed by atoms with E-state index in [-0.39, 0.29) is 37.9 Å². The van der Waals surface area contributed by atoms with E-state index in [2.05, 4.69) is 0 Å². The van der Waals surface area contributed by atoms with Crippen molar-refractivity contribution in [1.82, 2.24) is 0 Å². The Morgan fingerprint density at radius 2 is 1.08 bits per heavy atom. The molecule has 2 aromatic heterocycles. The highest BCUT2D eigenvalue weighted by atomic mass is 16.6. The summed E-state index contributed by atoms with van der Waals surface area (Å²) in [5.74, 6) is 0.596. The molecule has 0 aliphatic rings. The van der Waals surface area contributed by atoms with Crippen molar-refractivity contribution in [1.29, 1.82) is 0 Å². The van der Waals surface area contributed by atoms with E-state index in [9.17, 15) is 9.59 Å². The summed E-state index contributed by atoms with van der Waals surface area (Å²) < 4.78 is 30.8. The molecule has 0 aliphatic carbocycles. The van der Waals surface area contributed by atoms with E-state index in [1.54, 1.807) is 38.1 Å². The third-order valence-corrected chi connectivity index (χ3v) is 3.18. The fraction of sp³-hybridized carbons (Fsp3) is 0.444. The van der Waals surface area contributed by atoms with E-state index in [4.69, 9.17) is 27.8 Å². The van der Waals surface area contributed by atoms with Gasteiger partial charge in [0.1, 0.15) is 24.7 Å². The van der Waals surface area contributed by atoms with E-state index in [1.807, 2.05) is 0 Å². The molecular formula is C18H22O8. The summed E-state index contributed by atoms with van der Waals surface area (Å²) >= 11 is 0. The van der Waals surface area contributed by atoms with Crippen LogP contribution in [0.25, 0.3) is 0 Å². The first-order chi connectivity index (χ1) is 12.6. The molecule has 0 spiro atoms. The van der Waals surface area contributed by atoms with Gasteiger partial charge in [0.2, 0.25) is 11.5 Å². The molecule has 0 amide bonds. The van der Waals surface area contributed by atoms with Crippen LogP contribution in [0.3, 0.4) is 0 Å². The first kappa shape index (κ1) is 19.7. The van der Waals surface area contributed by atoms with Crippen LogP contribution in [0.1, 0.15) is 32.6 Å². The molecule has 0 N–H and O–H groups in total. The molecule has 2 heterocycles. The Hall–Kier alpha value is -2.58. The van der Waals surface area contributed by atoms with Crippen LogP contribution in [0.2, 0.25) is 0 Å². The maximum absolute atomic E-state index is 11.6. The molecule has 0 unspecified atom stereocenters. The summed E-state index contributed by atoms with van der Waals surface area (Å²) in [4.78, 5) is 23.2. The Morgan fingerprint density at radius 3 is 1.42 bits per heavy atom. The summed E-state index contributed by atoms with van der Waals surface area (Å²) in [6, 6.07) is 6.51. The van der Waals surface area contributed by atoms with Gasteiger partial charge in [0.05, 0.1) is 26.4 Å². The summed E-state index contributed by atoms with van der Waals surface area (Å²) in [7, 11) is 0. The highest BCUT2D eigenvalue weighted by Gasteiger charge is 2.11. The molecule has 2 aromatic rings. The van der Waals surface area contributed by atoms with Crippen molar-refractivity contribution in [2.24, 2.45) is 0 Å². The third-order valence-electron chi connectivity index (χ3n) is 3.18. The summed E-state index contributed by atoms with van der Waals surface area (Å²) in [5, 5.41) is 0. The van der Waals surface area contributed by atoms with Gasteiger partial charge in [-0.05, 0) is 38.1 Å².